The van der Waals surface area contributed by atoms with Crippen LogP contribution in [0.25, 0.3) is 0 Å². The molecule has 0 saturated heterocycles. The second kappa shape index (κ2) is 6.98. The van der Waals surface area contributed by atoms with E-state index in [-0.39, 0.29) is 17.5 Å². The van der Waals surface area contributed by atoms with Gasteiger partial charge in [0, 0.05) is 20.1 Å². The van der Waals surface area contributed by atoms with Crippen molar-refractivity contribution in [3.8, 4) is 0 Å². The van der Waals surface area contributed by atoms with Crippen LogP contribution in [0.5, 0.6) is 0 Å². The number of thiophene rings is 1. The predicted octanol–water partition coefficient (Wildman–Crippen LogP) is 1.26. The van der Waals surface area contributed by atoms with Gasteiger partial charge in [-0.25, -0.2) is 0 Å². The van der Waals surface area contributed by atoms with Crippen molar-refractivity contribution < 1.29 is 9.59 Å². The van der Waals surface area contributed by atoms with E-state index in [0.29, 0.717) is 28.5 Å². The molecular weight excluding hydrogens is 264 g/mol. The Bertz CT molecular complexity index is 471. The Morgan fingerprint density at radius 2 is 1.95 bits per heavy atom. The normalized spacial score (nSPS) is 10.1. The summed E-state index contributed by atoms with van der Waals surface area (Å²) in [5, 5.41) is 8.98. The van der Waals surface area contributed by atoms with Gasteiger partial charge in [0.25, 0.3) is 11.8 Å². The average molecular weight is 284 g/mol. The van der Waals surface area contributed by atoms with E-state index < -0.39 is 0 Å². The zero-order valence-corrected chi connectivity index (χ0v) is 12.2. The van der Waals surface area contributed by atoms with E-state index in [9.17, 15) is 9.59 Å². The molecule has 0 atom stereocenters. The van der Waals surface area contributed by atoms with Gasteiger partial charge in [0.15, 0.2) is 0 Å². The molecule has 106 valence electrons. The van der Waals surface area contributed by atoms with Gasteiger partial charge in [-0.05, 0) is 13.3 Å². The second-order valence-electron chi connectivity index (χ2n) is 3.91. The lowest BCUT2D eigenvalue weighted by Crippen LogP contribution is -2.24. The Morgan fingerprint density at radius 1 is 1.26 bits per heavy atom. The van der Waals surface area contributed by atoms with Crippen molar-refractivity contribution in [3.05, 3.63) is 10.4 Å². The number of hydrogen-bond acceptors (Lipinski definition) is 5. The fraction of sp³-hybridized carbons (Fsp3) is 0.500. The van der Waals surface area contributed by atoms with Gasteiger partial charge in [0.1, 0.15) is 9.88 Å². The first kappa shape index (κ1) is 15.3. The molecule has 0 bridgehead atoms. The molecule has 1 aromatic heterocycles. The number of hydrogen-bond donors (Lipinski definition) is 4. The maximum atomic E-state index is 12.0. The third kappa shape index (κ3) is 3.37. The molecule has 0 saturated carbocycles. The molecular formula is C12H20N4O2S. The van der Waals surface area contributed by atoms with E-state index in [4.69, 9.17) is 5.73 Å². The summed E-state index contributed by atoms with van der Waals surface area (Å²) in [6.45, 7) is 5.13. The largest absolute Gasteiger partial charge is 0.397 e. The number of nitrogens with one attached hydrogen (secondary N) is 3. The molecule has 0 unspecified atom stereocenters. The Labute approximate surface area is 116 Å². The lowest BCUT2D eigenvalue weighted by Gasteiger charge is -2.04. The van der Waals surface area contributed by atoms with Crippen molar-refractivity contribution in [2.75, 3.05) is 31.2 Å². The molecule has 0 spiro atoms. The Hall–Kier alpha value is -1.76. The highest BCUT2D eigenvalue weighted by Gasteiger charge is 2.24. The molecule has 0 aliphatic heterocycles. The van der Waals surface area contributed by atoms with Crippen molar-refractivity contribution >= 4 is 33.8 Å². The van der Waals surface area contributed by atoms with Crippen LogP contribution in [0, 0.1) is 0 Å². The van der Waals surface area contributed by atoms with Gasteiger partial charge >= 0.3 is 0 Å². The molecule has 1 aromatic rings. The van der Waals surface area contributed by atoms with Gasteiger partial charge in [-0.15, -0.1) is 11.3 Å². The summed E-state index contributed by atoms with van der Waals surface area (Å²) in [7, 11) is 1.53. The highest BCUT2D eigenvalue weighted by molar-refractivity contribution is 7.19. The molecule has 2 amide bonds. The fourth-order valence-corrected chi connectivity index (χ4v) is 2.67. The molecule has 0 fully saturated rings. The summed E-state index contributed by atoms with van der Waals surface area (Å²) < 4.78 is 0. The standard InChI is InChI=1S/C12H20N4O2S/c1-4-6-16-11(18)9-8(13)7(10(17)14-3)12(19-9)15-5-2/h15H,4-6,13H2,1-3H3,(H,14,17)(H,16,18). The van der Waals surface area contributed by atoms with Crippen LogP contribution < -0.4 is 21.7 Å². The summed E-state index contributed by atoms with van der Waals surface area (Å²) in [5.41, 5.74) is 6.51. The first-order valence-electron chi connectivity index (χ1n) is 6.23. The first-order chi connectivity index (χ1) is 9.06. The smallest absolute Gasteiger partial charge is 0.263 e. The fourth-order valence-electron chi connectivity index (χ4n) is 1.57. The second-order valence-corrected chi connectivity index (χ2v) is 4.93. The van der Waals surface area contributed by atoms with Gasteiger partial charge in [-0.3, -0.25) is 9.59 Å². The van der Waals surface area contributed by atoms with Crippen molar-refractivity contribution in [2.45, 2.75) is 20.3 Å². The first-order valence-corrected chi connectivity index (χ1v) is 7.04. The summed E-state index contributed by atoms with van der Waals surface area (Å²) in [4.78, 5) is 24.2. The van der Waals surface area contributed by atoms with Gasteiger partial charge < -0.3 is 21.7 Å². The van der Waals surface area contributed by atoms with E-state index in [1.165, 1.54) is 18.4 Å². The molecule has 0 aliphatic rings. The Morgan fingerprint density at radius 3 is 2.47 bits per heavy atom. The molecule has 1 rings (SSSR count). The molecule has 0 radical (unpaired) electrons. The van der Waals surface area contributed by atoms with E-state index in [1.54, 1.807) is 0 Å². The van der Waals surface area contributed by atoms with Crippen LogP contribution in [-0.4, -0.2) is 32.0 Å². The average Bonchev–Trinajstić information content (AvgIpc) is 2.72. The van der Waals surface area contributed by atoms with Gasteiger partial charge in [-0.2, -0.15) is 0 Å². The van der Waals surface area contributed by atoms with Crippen molar-refractivity contribution in [3.63, 3.8) is 0 Å². The number of carbonyl (C=O) groups is 2. The Kier molecular flexibility index (Phi) is 5.62. The van der Waals surface area contributed by atoms with E-state index >= 15 is 0 Å². The zero-order chi connectivity index (χ0) is 14.4. The van der Waals surface area contributed by atoms with Crippen LogP contribution in [0.15, 0.2) is 0 Å². The third-order valence-corrected chi connectivity index (χ3v) is 3.64. The number of rotatable bonds is 6. The minimum Gasteiger partial charge on any atom is -0.397 e. The molecule has 0 aliphatic carbocycles. The topological polar surface area (TPSA) is 96.2 Å². The molecule has 7 heteroatoms. The molecule has 1 heterocycles. The van der Waals surface area contributed by atoms with Crippen LogP contribution in [0.4, 0.5) is 10.7 Å². The van der Waals surface area contributed by atoms with Crippen LogP contribution in [0.1, 0.15) is 40.3 Å². The highest BCUT2D eigenvalue weighted by atomic mass is 32.1. The van der Waals surface area contributed by atoms with Crippen LogP contribution >= 0.6 is 11.3 Å². The summed E-state index contributed by atoms with van der Waals surface area (Å²) in [5.74, 6) is -0.530. The summed E-state index contributed by atoms with van der Waals surface area (Å²) >= 11 is 1.20. The maximum absolute atomic E-state index is 12.0. The van der Waals surface area contributed by atoms with Crippen molar-refractivity contribution in [1.29, 1.82) is 0 Å². The third-order valence-electron chi connectivity index (χ3n) is 2.48. The van der Waals surface area contributed by atoms with Gasteiger partial charge in [0.2, 0.25) is 0 Å². The number of carbonyl (C=O) groups excluding carboxylic acids is 2. The van der Waals surface area contributed by atoms with Crippen LogP contribution in [0.2, 0.25) is 0 Å². The zero-order valence-electron chi connectivity index (χ0n) is 11.4. The van der Waals surface area contributed by atoms with Gasteiger partial charge in [-0.1, -0.05) is 6.92 Å². The molecule has 6 nitrogen and oxygen atoms in total. The molecule has 0 aromatic carbocycles. The van der Waals surface area contributed by atoms with Crippen LogP contribution in [-0.2, 0) is 0 Å². The summed E-state index contributed by atoms with van der Waals surface area (Å²) in [6.07, 6.45) is 0.847. The number of amides is 2. The summed E-state index contributed by atoms with van der Waals surface area (Å²) in [6, 6.07) is 0. The van der Waals surface area contributed by atoms with E-state index in [0.717, 1.165) is 6.42 Å². The minimum atomic E-state index is -0.292. The lowest BCUT2D eigenvalue weighted by atomic mass is 10.2. The predicted molar refractivity (Wildman–Crippen MR) is 78.9 cm³/mol. The maximum Gasteiger partial charge on any atom is 0.263 e. The number of anilines is 2. The lowest BCUT2D eigenvalue weighted by molar-refractivity contribution is 0.0957. The highest BCUT2D eigenvalue weighted by Crippen LogP contribution is 2.35. The monoisotopic (exact) mass is 284 g/mol. The van der Waals surface area contributed by atoms with Crippen molar-refractivity contribution in [1.82, 2.24) is 10.6 Å². The molecule has 5 N–H and O–H groups in total. The van der Waals surface area contributed by atoms with E-state index in [1.807, 2.05) is 13.8 Å². The SMILES string of the molecule is CCCNC(=O)c1sc(NCC)c(C(=O)NC)c1N. The molecule has 19 heavy (non-hydrogen) atoms. The van der Waals surface area contributed by atoms with Crippen molar-refractivity contribution in [2.24, 2.45) is 0 Å². The number of nitrogens with two attached hydrogens (primary N) is 1. The van der Waals surface area contributed by atoms with E-state index in [2.05, 4.69) is 16.0 Å². The quantitative estimate of drug-likeness (QED) is 0.632. The minimum absolute atomic E-state index is 0.230. The van der Waals surface area contributed by atoms with Crippen LogP contribution in [0.3, 0.4) is 0 Å². The van der Waals surface area contributed by atoms with Gasteiger partial charge in [0.05, 0.1) is 11.3 Å². The number of nitrogen functional groups attached to an aromatic ring is 1. The Balaban J connectivity index is 3.13.